The second kappa shape index (κ2) is 8.45. The molecule has 3 rings (SSSR count). The summed E-state index contributed by atoms with van der Waals surface area (Å²) in [6.45, 7) is 3.39. The van der Waals surface area contributed by atoms with Gasteiger partial charge in [-0.2, -0.15) is 0 Å². The maximum atomic E-state index is 12.8. The normalized spacial score (nSPS) is 14.0. The van der Waals surface area contributed by atoms with Crippen molar-refractivity contribution in [2.24, 2.45) is 11.5 Å². The minimum Gasteiger partial charge on any atom is -0.369 e. The van der Waals surface area contributed by atoms with Crippen LogP contribution in [0.15, 0.2) is 36.4 Å². The van der Waals surface area contributed by atoms with Gasteiger partial charge in [0.25, 0.3) is 0 Å². The maximum Gasteiger partial charge on any atom is 0.331 e. The molecule has 9 nitrogen and oxygen atoms in total. The van der Waals surface area contributed by atoms with Gasteiger partial charge in [-0.25, -0.2) is 14.8 Å². The van der Waals surface area contributed by atoms with Crippen molar-refractivity contribution < 1.29 is 4.79 Å². The molecule has 3 heterocycles. The Kier molecular flexibility index (Phi) is 5.82. The number of rotatable bonds is 8. The first-order valence-corrected chi connectivity index (χ1v) is 8.64. The van der Waals surface area contributed by atoms with E-state index in [0.717, 1.165) is 0 Å². The highest BCUT2D eigenvalue weighted by Gasteiger charge is 2.32. The van der Waals surface area contributed by atoms with Gasteiger partial charge in [0.1, 0.15) is 23.3 Å². The van der Waals surface area contributed by atoms with Crippen LogP contribution in [-0.2, 0) is 0 Å². The zero-order valence-corrected chi connectivity index (χ0v) is 14.6. The Labute approximate surface area is 152 Å². The lowest BCUT2D eigenvalue weighted by atomic mass is 10.4. The first kappa shape index (κ1) is 17.9. The van der Waals surface area contributed by atoms with Crippen molar-refractivity contribution in [3.8, 4) is 0 Å². The number of anilines is 4. The van der Waals surface area contributed by atoms with Gasteiger partial charge in [-0.3, -0.25) is 9.80 Å². The number of nitrogens with one attached hydrogen (secondary N) is 2. The number of nitrogens with zero attached hydrogens (tertiary/aromatic N) is 4. The fourth-order valence-corrected chi connectivity index (χ4v) is 2.71. The molecule has 0 aromatic carbocycles. The molecule has 2 amide bonds. The largest absolute Gasteiger partial charge is 0.369 e. The molecule has 2 aromatic heterocycles. The summed E-state index contributed by atoms with van der Waals surface area (Å²) in [4.78, 5) is 25.1. The smallest absolute Gasteiger partial charge is 0.331 e. The van der Waals surface area contributed by atoms with Crippen LogP contribution in [0.5, 0.6) is 0 Å². The van der Waals surface area contributed by atoms with Crippen LogP contribution in [0.3, 0.4) is 0 Å². The molecule has 9 heteroatoms. The summed E-state index contributed by atoms with van der Waals surface area (Å²) >= 11 is 0. The molecule has 2 aromatic rings. The second-order valence-corrected chi connectivity index (χ2v) is 5.78. The van der Waals surface area contributed by atoms with Crippen molar-refractivity contribution in [2.45, 2.75) is 0 Å². The summed E-state index contributed by atoms with van der Waals surface area (Å²) < 4.78 is 0. The number of carbonyl (C=O) groups is 1. The Hall–Kier alpha value is -2.91. The molecule has 26 heavy (non-hydrogen) atoms. The zero-order chi connectivity index (χ0) is 18.4. The lowest BCUT2D eigenvalue weighted by molar-refractivity contribution is 0.255. The van der Waals surface area contributed by atoms with E-state index in [4.69, 9.17) is 11.5 Å². The molecule has 0 aliphatic carbocycles. The van der Waals surface area contributed by atoms with E-state index in [9.17, 15) is 4.79 Å². The van der Waals surface area contributed by atoms with Gasteiger partial charge in [-0.05, 0) is 24.3 Å². The van der Waals surface area contributed by atoms with E-state index in [0.29, 0.717) is 62.5 Å². The van der Waals surface area contributed by atoms with Crippen molar-refractivity contribution in [1.29, 1.82) is 0 Å². The van der Waals surface area contributed by atoms with Gasteiger partial charge >= 0.3 is 6.03 Å². The van der Waals surface area contributed by atoms with Crippen molar-refractivity contribution in [1.82, 2.24) is 9.97 Å². The van der Waals surface area contributed by atoms with Gasteiger partial charge in [0.15, 0.2) is 0 Å². The van der Waals surface area contributed by atoms with E-state index in [1.165, 1.54) is 0 Å². The van der Waals surface area contributed by atoms with Crippen LogP contribution in [0.4, 0.5) is 28.1 Å². The molecule has 1 aliphatic heterocycles. The van der Waals surface area contributed by atoms with Crippen LogP contribution in [0.1, 0.15) is 0 Å². The summed E-state index contributed by atoms with van der Waals surface area (Å²) in [6.07, 6.45) is 0. The van der Waals surface area contributed by atoms with Crippen LogP contribution < -0.4 is 31.9 Å². The van der Waals surface area contributed by atoms with Gasteiger partial charge in [0.05, 0.1) is 0 Å². The van der Waals surface area contributed by atoms with Gasteiger partial charge in [0.2, 0.25) is 0 Å². The number of amides is 2. The lowest BCUT2D eigenvalue weighted by Gasteiger charge is -2.18. The first-order chi connectivity index (χ1) is 12.7. The topological polar surface area (TPSA) is 125 Å². The predicted molar refractivity (Wildman–Crippen MR) is 104 cm³/mol. The third-order valence-corrected chi connectivity index (χ3v) is 3.93. The van der Waals surface area contributed by atoms with Crippen LogP contribution >= 0.6 is 0 Å². The standard InChI is InChI=1S/C17H24N8O/c18-7-9-20-13-3-1-5-15(22-13)24-11-12-25(17(24)26)16-6-2-4-14(23-16)21-10-8-19/h1-6H,7-12,18-19H2,(H,20,22)(H,21,23). The summed E-state index contributed by atoms with van der Waals surface area (Å²) in [6, 6.07) is 10.9. The number of hydrogen-bond acceptors (Lipinski definition) is 7. The van der Waals surface area contributed by atoms with Crippen molar-refractivity contribution in [3.05, 3.63) is 36.4 Å². The lowest BCUT2D eigenvalue weighted by Crippen LogP contribution is -2.32. The van der Waals surface area contributed by atoms with Crippen LogP contribution in [0.25, 0.3) is 0 Å². The summed E-state index contributed by atoms with van der Waals surface area (Å²) in [5, 5.41) is 6.25. The molecule has 0 atom stereocenters. The Morgan fingerprint density at radius 3 is 1.73 bits per heavy atom. The minimum atomic E-state index is -0.142. The van der Waals surface area contributed by atoms with E-state index in [1.807, 2.05) is 36.4 Å². The van der Waals surface area contributed by atoms with E-state index in [1.54, 1.807) is 9.80 Å². The Bertz CT molecular complexity index is 692. The monoisotopic (exact) mass is 356 g/mol. The molecule has 0 unspecified atom stereocenters. The van der Waals surface area contributed by atoms with Crippen molar-refractivity contribution in [2.75, 3.05) is 59.7 Å². The molecule has 1 aliphatic rings. The molecule has 138 valence electrons. The van der Waals surface area contributed by atoms with Gasteiger partial charge < -0.3 is 22.1 Å². The average molecular weight is 356 g/mol. The number of nitrogens with two attached hydrogens (primary N) is 2. The summed E-state index contributed by atoms with van der Waals surface area (Å²) in [7, 11) is 0. The van der Waals surface area contributed by atoms with Crippen LogP contribution in [-0.4, -0.2) is 55.3 Å². The van der Waals surface area contributed by atoms with E-state index < -0.39 is 0 Å². The van der Waals surface area contributed by atoms with E-state index in [-0.39, 0.29) is 6.03 Å². The minimum absolute atomic E-state index is 0.142. The first-order valence-electron chi connectivity index (χ1n) is 8.64. The Morgan fingerprint density at radius 2 is 1.31 bits per heavy atom. The molecular formula is C17H24N8O. The predicted octanol–water partition coefficient (Wildman–Crippen LogP) is 0.664. The number of urea groups is 1. The molecule has 0 radical (unpaired) electrons. The third kappa shape index (κ3) is 4.01. The van der Waals surface area contributed by atoms with Crippen molar-refractivity contribution >= 4 is 29.3 Å². The summed E-state index contributed by atoms with van der Waals surface area (Å²) in [5.41, 5.74) is 11.0. The average Bonchev–Trinajstić information content (AvgIpc) is 3.06. The van der Waals surface area contributed by atoms with Crippen molar-refractivity contribution in [3.63, 3.8) is 0 Å². The van der Waals surface area contributed by atoms with Crippen LogP contribution in [0.2, 0.25) is 0 Å². The maximum absolute atomic E-state index is 12.8. The van der Waals surface area contributed by atoms with Gasteiger partial charge in [0, 0.05) is 39.3 Å². The molecule has 0 bridgehead atoms. The van der Waals surface area contributed by atoms with Gasteiger partial charge in [-0.15, -0.1) is 0 Å². The summed E-state index contributed by atoms with van der Waals surface area (Å²) in [5.74, 6) is 2.62. The third-order valence-electron chi connectivity index (χ3n) is 3.93. The fourth-order valence-electron chi connectivity index (χ4n) is 2.71. The molecule has 0 spiro atoms. The molecule has 0 saturated carbocycles. The fraction of sp³-hybridized carbons (Fsp3) is 0.353. The quantitative estimate of drug-likeness (QED) is 0.547. The number of aromatic nitrogens is 2. The molecule has 1 saturated heterocycles. The number of pyridine rings is 2. The van der Waals surface area contributed by atoms with Crippen LogP contribution in [0, 0.1) is 0 Å². The number of carbonyl (C=O) groups excluding carboxylic acids is 1. The number of hydrogen-bond donors (Lipinski definition) is 4. The highest BCUT2D eigenvalue weighted by molar-refractivity contribution is 6.05. The Balaban J connectivity index is 1.74. The Morgan fingerprint density at radius 1 is 0.846 bits per heavy atom. The molecule has 6 N–H and O–H groups in total. The zero-order valence-electron chi connectivity index (χ0n) is 14.6. The SMILES string of the molecule is NCCNc1cccc(N2CCN(c3cccc(NCCN)n3)C2=O)n1. The highest BCUT2D eigenvalue weighted by atomic mass is 16.2. The second-order valence-electron chi connectivity index (χ2n) is 5.78. The molecule has 1 fully saturated rings. The van der Waals surface area contributed by atoms with Gasteiger partial charge in [-0.1, -0.05) is 12.1 Å². The molecular weight excluding hydrogens is 332 g/mol. The highest BCUT2D eigenvalue weighted by Crippen LogP contribution is 2.24. The van der Waals surface area contributed by atoms with E-state index in [2.05, 4.69) is 20.6 Å². The van der Waals surface area contributed by atoms with E-state index >= 15 is 0 Å².